The van der Waals surface area contributed by atoms with Gasteiger partial charge in [-0.25, -0.2) is 4.39 Å². The predicted molar refractivity (Wildman–Crippen MR) is 162 cm³/mol. The summed E-state index contributed by atoms with van der Waals surface area (Å²) in [6.45, 7) is 0.462. The molecule has 2 amide bonds. The van der Waals surface area contributed by atoms with E-state index in [4.69, 9.17) is 9.15 Å². The van der Waals surface area contributed by atoms with Crippen LogP contribution in [-0.4, -0.2) is 50.4 Å². The van der Waals surface area contributed by atoms with E-state index in [9.17, 15) is 35.9 Å². The Bertz CT molecular complexity index is 1810. The number of hydrogen-bond acceptors (Lipinski definition) is 5. The fourth-order valence-corrected chi connectivity index (χ4v) is 6.02. The number of nitrogens with one attached hydrogen (secondary N) is 2. The van der Waals surface area contributed by atoms with Crippen LogP contribution in [0, 0.1) is 12.7 Å². The van der Waals surface area contributed by atoms with Gasteiger partial charge in [0.2, 0.25) is 0 Å². The zero-order valence-electron chi connectivity index (χ0n) is 25.9. The Morgan fingerprint density at radius 1 is 1.04 bits per heavy atom. The number of hydrogen-bond donors (Lipinski definition) is 2. The number of halogens is 6. The van der Waals surface area contributed by atoms with Crippen LogP contribution in [0.5, 0.6) is 5.75 Å². The van der Waals surface area contributed by atoms with Crippen molar-refractivity contribution in [3.63, 3.8) is 0 Å². The van der Waals surface area contributed by atoms with Gasteiger partial charge in [-0.05, 0) is 104 Å². The molecule has 0 aliphatic heterocycles. The van der Waals surface area contributed by atoms with Crippen LogP contribution in [-0.2, 0) is 11.2 Å². The molecule has 0 bridgehead atoms. The minimum absolute atomic E-state index is 0.0696. The molecule has 5 rings (SSSR count). The Kier molecular flexibility index (Phi) is 9.31. The van der Waals surface area contributed by atoms with Crippen molar-refractivity contribution < 1.29 is 49.8 Å². The van der Waals surface area contributed by atoms with E-state index in [1.54, 1.807) is 26.0 Å². The molecule has 250 valence electrons. The number of carbonyl (C=O) groups excluding carboxylic acids is 2. The normalized spacial score (nSPS) is 17.9. The highest BCUT2D eigenvalue weighted by atomic mass is 19.4. The van der Waals surface area contributed by atoms with E-state index in [1.165, 1.54) is 50.6 Å². The lowest BCUT2D eigenvalue weighted by molar-refractivity contribution is -0.194. The van der Waals surface area contributed by atoms with E-state index in [0.29, 0.717) is 27.6 Å². The van der Waals surface area contributed by atoms with Crippen LogP contribution >= 0.6 is 0 Å². The lowest BCUT2D eigenvalue weighted by Crippen LogP contribution is -2.58. The topological polar surface area (TPSA) is 89.8 Å². The summed E-state index contributed by atoms with van der Waals surface area (Å²) in [6, 6.07) is 11.3. The smallest absolute Gasteiger partial charge is 0.389 e. The van der Waals surface area contributed by atoms with Crippen LogP contribution in [0.4, 0.5) is 26.3 Å². The highest BCUT2D eigenvalue weighted by molar-refractivity contribution is 6.12. The summed E-state index contributed by atoms with van der Waals surface area (Å²) in [5, 5.41) is 5.69. The molecule has 0 radical (unpaired) electrons. The molecule has 47 heavy (non-hydrogen) atoms. The molecule has 1 aliphatic rings. The number of benzene rings is 3. The van der Waals surface area contributed by atoms with Crippen LogP contribution in [0.25, 0.3) is 33.4 Å². The molecular weight excluding hydrogens is 630 g/mol. The van der Waals surface area contributed by atoms with Crippen molar-refractivity contribution in [2.45, 2.75) is 64.0 Å². The first-order valence-electron chi connectivity index (χ1n) is 14.7. The monoisotopic (exact) mass is 662 g/mol. The van der Waals surface area contributed by atoms with Gasteiger partial charge in [-0.2, -0.15) is 22.0 Å². The first-order chi connectivity index (χ1) is 22.1. The number of fused-ring (bicyclic) bond motifs is 1. The summed E-state index contributed by atoms with van der Waals surface area (Å²) in [4.78, 5) is 26.7. The number of alkyl halides is 5. The van der Waals surface area contributed by atoms with Crippen LogP contribution in [0.2, 0.25) is 0 Å². The Labute approximate surface area is 266 Å². The average molecular weight is 663 g/mol. The summed E-state index contributed by atoms with van der Waals surface area (Å²) >= 11 is 0. The van der Waals surface area contributed by atoms with E-state index in [-0.39, 0.29) is 46.6 Å². The summed E-state index contributed by atoms with van der Waals surface area (Å²) in [6.07, 6.45) is -6.48. The molecule has 13 heteroatoms. The molecule has 1 aromatic heterocycles. The molecule has 0 saturated heterocycles. The fourth-order valence-electron chi connectivity index (χ4n) is 6.02. The summed E-state index contributed by atoms with van der Waals surface area (Å²) in [7, 11) is 2.78. The first-order valence-corrected chi connectivity index (χ1v) is 14.7. The Balaban J connectivity index is 1.65. The van der Waals surface area contributed by atoms with Crippen LogP contribution < -0.4 is 15.4 Å². The summed E-state index contributed by atoms with van der Waals surface area (Å²) < 4.78 is 95.4. The molecule has 2 N–H and O–H groups in total. The van der Waals surface area contributed by atoms with Gasteiger partial charge in [0, 0.05) is 30.0 Å². The maximum Gasteiger partial charge on any atom is 0.389 e. The summed E-state index contributed by atoms with van der Waals surface area (Å²) in [5.74, 6) is -1.32. The van der Waals surface area contributed by atoms with Gasteiger partial charge in [0.15, 0.2) is 0 Å². The van der Waals surface area contributed by atoms with Gasteiger partial charge in [-0.3, -0.25) is 9.59 Å². The number of carbonyl (C=O) groups is 2. The second kappa shape index (κ2) is 12.9. The quantitative estimate of drug-likeness (QED) is 0.168. The van der Waals surface area contributed by atoms with E-state index in [1.807, 2.05) is 0 Å². The molecular formula is C34H32F6N2O5. The fraction of sp³-hybridized carbons (Fsp3) is 0.353. The van der Waals surface area contributed by atoms with Gasteiger partial charge in [0.1, 0.15) is 22.9 Å². The highest BCUT2D eigenvalue weighted by Gasteiger charge is 2.44. The number of methoxy groups -OCH3 is 1. The van der Waals surface area contributed by atoms with Crippen molar-refractivity contribution in [3.05, 3.63) is 76.6 Å². The third kappa shape index (κ3) is 7.24. The Hall–Kier alpha value is -4.52. The van der Waals surface area contributed by atoms with Crippen molar-refractivity contribution in [1.29, 1.82) is 0 Å². The maximum absolute atomic E-state index is 13.7. The minimum atomic E-state index is -4.48. The van der Waals surface area contributed by atoms with Crippen LogP contribution in [0.3, 0.4) is 0 Å². The second-order valence-electron chi connectivity index (χ2n) is 11.8. The number of aryl methyl sites for hydroxylation is 2. The van der Waals surface area contributed by atoms with Gasteiger partial charge in [-0.1, -0.05) is 0 Å². The number of rotatable bonds is 10. The number of amides is 2. The standard InChI is InChI=1S/C34H32F6N2O5/c1-17-11-26(45-4)25(30(43)42-33(2)15-21(16-33)46-32(36)37)13-22(17)23-14-24-27(12-19(23)9-10-34(38,39)40)47-29(28(24)31(44)41-3)18-5-7-20(35)8-6-18/h5-8,11-14,21,32H,9-10,15-16H2,1-4H3,(H,41,44)(H,42,43). The third-order valence-electron chi connectivity index (χ3n) is 8.30. The molecule has 1 saturated carbocycles. The lowest BCUT2D eigenvalue weighted by atomic mass is 9.75. The van der Waals surface area contributed by atoms with Crippen molar-refractivity contribution in [2.75, 3.05) is 14.2 Å². The van der Waals surface area contributed by atoms with Gasteiger partial charge < -0.3 is 24.5 Å². The number of ether oxygens (including phenoxy) is 2. The molecule has 0 spiro atoms. The van der Waals surface area contributed by atoms with Gasteiger partial charge >= 0.3 is 12.8 Å². The molecule has 3 aromatic carbocycles. The first kappa shape index (κ1) is 33.8. The third-order valence-corrected chi connectivity index (χ3v) is 8.30. The van der Waals surface area contributed by atoms with E-state index < -0.39 is 54.9 Å². The Morgan fingerprint density at radius 2 is 1.72 bits per heavy atom. The predicted octanol–water partition coefficient (Wildman–Crippen LogP) is 7.97. The molecule has 0 unspecified atom stereocenters. The zero-order valence-corrected chi connectivity index (χ0v) is 25.9. The van der Waals surface area contributed by atoms with E-state index >= 15 is 0 Å². The van der Waals surface area contributed by atoms with Crippen molar-refractivity contribution >= 4 is 22.8 Å². The van der Waals surface area contributed by atoms with Gasteiger partial charge in [0.05, 0.1) is 24.3 Å². The highest BCUT2D eigenvalue weighted by Crippen LogP contribution is 2.42. The van der Waals surface area contributed by atoms with Crippen LogP contribution in [0.15, 0.2) is 52.9 Å². The van der Waals surface area contributed by atoms with Crippen molar-refractivity contribution in [3.8, 4) is 28.2 Å². The van der Waals surface area contributed by atoms with Crippen molar-refractivity contribution in [1.82, 2.24) is 10.6 Å². The van der Waals surface area contributed by atoms with Gasteiger partial charge in [0.25, 0.3) is 11.8 Å². The summed E-state index contributed by atoms with van der Waals surface area (Å²) in [5.41, 5.74) is 1.40. The SMILES string of the molecule is CNC(=O)c1c(-c2ccc(F)cc2)oc2cc(CCC(F)(F)F)c(-c3cc(C(=O)NC4(C)CC(OC(F)F)C4)c(OC)cc3C)cc12. The minimum Gasteiger partial charge on any atom is -0.496 e. The van der Waals surface area contributed by atoms with Crippen molar-refractivity contribution in [2.24, 2.45) is 0 Å². The zero-order chi connectivity index (χ0) is 34.3. The average Bonchev–Trinajstić information content (AvgIpc) is 3.36. The van der Waals surface area contributed by atoms with E-state index in [2.05, 4.69) is 15.4 Å². The lowest BCUT2D eigenvalue weighted by Gasteiger charge is -2.45. The molecule has 7 nitrogen and oxygen atoms in total. The molecule has 1 fully saturated rings. The Morgan fingerprint density at radius 3 is 2.32 bits per heavy atom. The maximum atomic E-state index is 13.7. The van der Waals surface area contributed by atoms with E-state index in [0.717, 1.165) is 0 Å². The second-order valence-corrected chi connectivity index (χ2v) is 11.8. The van der Waals surface area contributed by atoms with Crippen LogP contribution in [0.1, 0.15) is 58.0 Å². The molecule has 1 heterocycles. The largest absolute Gasteiger partial charge is 0.496 e. The molecule has 4 aromatic rings. The molecule has 0 atom stereocenters. The van der Waals surface area contributed by atoms with Gasteiger partial charge in [-0.15, -0.1) is 0 Å². The molecule has 1 aliphatic carbocycles. The number of furan rings is 1.